The van der Waals surface area contributed by atoms with Gasteiger partial charge in [0, 0.05) is 19.2 Å². The topological polar surface area (TPSA) is 21.3 Å². The van der Waals surface area contributed by atoms with Gasteiger partial charge in [-0.1, -0.05) is 29.8 Å². The highest BCUT2D eigenvalue weighted by atomic mass is 16.5. The molecule has 94 valence electrons. The highest BCUT2D eigenvalue weighted by molar-refractivity contribution is 5.23. The molecule has 2 rings (SSSR count). The molecule has 1 aliphatic heterocycles. The van der Waals surface area contributed by atoms with E-state index in [4.69, 9.17) is 4.74 Å². The maximum atomic E-state index is 5.72. The van der Waals surface area contributed by atoms with E-state index in [0.29, 0.717) is 12.1 Å². The van der Waals surface area contributed by atoms with Crippen LogP contribution in [-0.2, 0) is 4.74 Å². The third-order valence-corrected chi connectivity index (χ3v) is 3.50. The first-order chi connectivity index (χ1) is 8.25. The van der Waals surface area contributed by atoms with Crippen molar-refractivity contribution in [1.29, 1.82) is 0 Å². The molecule has 2 atom stereocenters. The fraction of sp³-hybridized carbons (Fsp3) is 0.600. The van der Waals surface area contributed by atoms with Crippen LogP contribution in [0, 0.1) is 6.92 Å². The summed E-state index contributed by atoms with van der Waals surface area (Å²) in [7, 11) is 0. The lowest BCUT2D eigenvalue weighted by molar-refractivity contribution is 0.0156. The van der Waals surface area contributed by atoms with Gasteiger partial charge >= 0.3 is 0 Å². The summed E-state index contributed by atoms with van der Waals surface area (Å²) in [5.41, 5.74) is 2.67. The third-order valence-electron chi connectivity index (χ3n) is 3.50. The van der Waals surface area contributed by atoms with Gasteiger partial charge in [-0.15, -0.1) is 0 Å². The van der Waals surface area contributed by atoms with Crippen LogP contribution in [-0.4, -0.2) is 19.3 Å². The van der Waals surface area contributed by atoms with Crippen molar-refractivity contribution in [3.8, 4) is 0 Å². The van der Waals surface area contributed by atoms with Crippen molar-refractivity contribution in [1.82, 2.24) is 5.32 Å². The fourth-order valence-corrected chi connectivity index (χ4v) is 2.25. The molecule has 0 radical (unpaired) electrons. The number of rotatable bonds is 4. The summed E-state index contributed by atoms with van der Waals surface area (Å²) in [5.74, 6) is 0. The van der Waals surface area contributed by atoms with Gasteiger partial charge in [0.2, 0.25) is 0 Å². The Labute approximate surface area is 104 Å². The Morgan fingerprint density at radius 1 is 1.29 bits per heavy atom. The second-order valence-corrected chi connectivity index (χ2v) is 5.03. The Morgan fingerprint density at radius 2 is 2.06 bits per heavy atom. The molecular formula is C15H23NO. The number of hydrogen-bond acceptors (Lipinski definition) is 2. The maximum absolute atomic E-state index is 5.72. The lowest BCUT2D eigenvalue weighted by Gasteiger charge is -2.25. The van der Waals surface area contributed by atoms with E-state index < -0.39 is 0 Å². The molecule has 1 unspecified atom stereocenters. The number of hydrogen-bond donors (Lipinski definition) is 1. The first-order valence-corrected chi connectivity index (χ1v) is 6.67. The van der Waals surface area contributed by atoms with Gasteiger partial charge in [0.15, 0.2) is 0 Å². The Hall–Kier alpha value is -0.860. The molecule has 0 bridgehead atoms. The zero-order valence-corrected chi connectivity index (χ0v) is 10.9. The predicted molar refractivity (Wildman–Crippen MR) is 71.2 cm³/mol. The Bertz CT molecular complexity index is 327. The quantitative estimate of drug-likeness (QED) is 0.862. The average Bonchev–Trinajstić information content (AvgIpc) is 2.38. The molecule has 1 heterocycles. The molecule has 17 heavy (non-hydrogen) atoms. The molecule has 0 amide bonds. The molecule has 1 aromatic carbocycles. The average molecular weight is 233 g/mol. The Balaban J connectivity index is 1.80. The lowest BCUT2D eigenvalue weighted by Crippen LogP contribution is -2.33. The summed E-state index contributed by atoms with van der Waals surface area (Å²) < 4.78 is 5.72. The number of nitrogens with one attached hydrogen (secondary N) is 1. The van der Waals surface area contributed by atoms with Crippen LogP contribution in [0.25, 0.3) is 0 Å². The highest BCUT2D eigenvalue weighted by Crippen LogP contribution is 2.15. The fourth-order valence-electron chi connectivity index (χ4n) is 2.25. The van der Waals surface area contributed by atoms with Gasteiger partial charge in [0.05, 0.1) is 6.10 Å². The van der Waals surface area contributed by atoms with Crippen LogP contribution in [0.15, 0.2) is 24.3 Å². The maximum Gasteiger partial charge on any atom is 0.0699 e. The van der Waals surface area contributed by atoms with Crippen LogP contribution in [0.1, 0.15) is 43.4 Å². The van der Waals surface area contributed by atoms with Crippen molar-refractivity contribution < 1.29 is 4.74 Å². The van der Waals surface area contributed by atoms with Crippen molar-refractivity contribution in [2.45, 2.75) is 45.3 Å². The minimum atomic E-state index is 0.404. The number of aryl methyl sites for hydroxylation is 1. The molecule has 0 aromatic heterocycles. The van der Waals surface area contributed by atoms with E-state index in [-0.39, 0.29) is 0 Å². The molecule has 1 fully saturated rings. The van der Waals surface area contributed by atoms with E-state index in [0.717, 1.165) is 13.2 Å². The summed E-state index contributed by atoms with van der Waals surface area (Å²) in [6, 6.07) is 9.15. The van der Waals surface area contributed by atoms with Crippen molar-refractivity contribution >= 4 is 0 Å². The summed E-state index contributed by atoms with van der Waals surface area (Å²) >= 11 is 0. The molecule has 2 heteroatoms. The molecule has 0 saturated carbocycles. The zero-order valence-electron chi connectivity index (χ0n) is 10.9. The molecule has 2 nitrogen and oxygen atoms in total. The van der Waals surface area contributed by atoms with Gasteiger partial charge in [-0.3, -0.25) is 0 Å². The largest absolute Gasteiger partial charge is 0.377 e. The first-order valence-electron chi connectivity index (χ1n) is 6.67. The van der Waals surface area contributed by atoms with E-state index in [9.17, 15) is 0 Å². The van der Waals surface area contributed by atoms with Gasteiger partial charge in [-0.05, 0) is 38.7 Å². The van der Waals surface area contributed by atoms with Crippen LogP contribution in [0.4, 0.5) is 0 Å². The van der Waals surface area contributed by atoms with Crippen molar-refractivity contribution in [2.75, 3.05) is 13.2 Å². The van der Waals surface area contributed by atoms with Gasteiger partial charge in [0.1, 0.15) is 0 Å². The van der Waals surface area contributed by atoms with E-state index in [1.807, 2.05) is 0 Å². The van der Waals surface area contributed by atoms with Crippen molar-refractivity contribution in [3.63, 3.8) is 0 Å². The summed E-state index contributed by atoms with van der Waals surface area (Å²) in [6.45, 7) is 6.24. The number of ether oxygens (including phenoxy) is 1. The standard InChI is InChI=1S/C15H23NO/c1-12-6-8-14(9-7-12)13(2)16-11-15-5-3-4-10-17-15/h6-9,13,15-16H,3-5,10-11H2,1-2H3/t13-,15?/m0/s1. The van der Waals surface area contributed by atoms with E-state index in [1.54, 1.807) is 0 Å². The second kappa shape index (κ2) is 6.18. The predicted octanol–water partition coefficient (Wildman–Crippen LogP) is 3.21. The lowest BCUT2D eigenvalue weighted by atomic mass is 10.1. The SMILES string of the molecule is Cc1ccc([C@H](C)NCC2CCCCO2)cc1. The van der Waals surface area contributed by atoms with Gasteiger partial charge in [-0.2, -0.15) is 0 Å². The van der Waals surface area contributed by atoms with Crippen LogP contribution in [0.2, 0.25) is 0 Å². The zero-order chi connectivity index (χ0) is 12.1. The minimum absolute atomic E-state index is 0.404. The molecule has 1 N–H and O–H groups in total. The van der Waals surface area contributed by atoms with Gasteiger partial charge < -0.3 is 10.1 Å². The van der Waals surface area contributed by atoms with Crippen molar-refractivity contribution in [2.24, 2.45) is 0 Å². The molecule has 1 aromatic rings. The molecule has 0 spiro atoms. The number of benzene rings is 1. The highest BCUT2D eigenvalue weighted by Gasteiger charge is 2.14. The molecule has 1 aliphatic rings. The van der Waals surface area contributed by atoms with Crippen LogP contribution in [0.5, 0.6) is 0 Å². The Kier molecular flexibility index (Phi) is 4.57. The molecular weight excluding hydrogens is 210 g/mol. The Morgan fingerprint density at radius 3 is 2.71 bits per heavy atom. The van der Waals surface area contributed by atoms with Crippen molar-refractivity contribution in [3.05, 3.63) is 35.4 Å². The monoisotopic (exact) mass is 233 g/mol. The molecule has 1 saturated heterocycles. The van der Waals surface area contributed by atoms with E-state index >= 15 is 0 Å². The smallest absolute Gasteiger partial charge is 0.0699 e. The summed E-state index contributed by atoms with van der Waals surface area (Å²) in [4.78, 5) is 0. The van der Waals surface area contributed by atoms with Crippen LogP contribution in [0.3, 0.4) is 0 Å². The summed E-state index contributed by atoms with van der Waals surface area (Å²) in [5, 5.41) is 3.56. The third kappa shape index (κ3) is 3.83. The summed E-state index contributed by atoms with van der Waals surface area (Å²) in [6.07, 6.45) is 4.15. The second-order valence-electron chi connectivity index (χ2n) is 5.03. The first kappa shape index (κ1) is 12.6. The van der Waals surface area contributed by atoms with Crippen LogP contribution >= 0.6 is 0 Å². The minimum Gasteiger partial charge on any atom is -0.377 e. The normalized spacial score (nSPS) is 22.4. The van der Waals surface area contributed by atoms with Gasteiger partial charge in [0.25, 0.3) is 0 Å². The van der Waals surface area contributed by atoms with E-state index in [1.165, 1.54) is 30.4 Å². The van der Waals surface area contributed by atoms with Crippen LogP contribution < -0.4 is 5.32 Å². The van der Waals surface area contributed by atoms with Gasteiger partial charge in [-0.25, -0.2) is 0 Å². The van der Waals surface area contributed by atoms with E-state index in [2.05, 4.69) is 43.4 Å². The molecule has 0 aliphatic carbocycles.